The highest BCUT2D eigenvalue weighted by Crippen LogP contribution is 2.35. The molecule has 0 amide bonds. The number of hydrogen-bond donors (Lipinski definition) is 2. The summed E-state index contributed by atoms with van der Waals surface area (Å²) in [5.41, 5.74) is 4.68. The lowest BCUT2D eigenvalue weighted by atomic mass is 9.98. The van der Waals surface area contributed by atoms with E-state index in [1.807, 2.05) is 0 Å². The molecule has 1 aromatic heterocycles. The first-order chi connectivity index (χ1) is 8.77. The van der Waals surface area contributed by atoms with Gasteiger partial charge in [-0.1, -0.05) is 13.8 Å². The fraction of sp³-hybridized carbons (Fsp3) is 0.615. The lowest BCUT2D eigenvalue weighted by molar-refractivity contribution is -0.137. The summed E-state index contributed by atoms with van der Waals surface area (Å²) in [6.07, 6.45) is -2.38. The molecule has 3 nitrogen and oxygen atoms in total. The zero-order chi connectivity index (χ0) is 14.2. The number of alkyl halides is 3. The highest BCUT2D eigenvalue weighted by molar-refractivity contribution is 5.48. The van der Waals surface area contributed by atoms with Gasteiger partial charge in [-0.15, -0.1) is 0 Å². The summed E-state index contributed by atoms with van der Waals surface area (Å²) in [6, 6.07) is 2.03. The first kappa shape index (κ1) is 14.0. The molecule has 0 aliphatic heterocycles. The van der Waals surface area contributed by atoms with Gasteiger partial charge >= 0.3 is 6.18 Å². The molecule has 0 radical (unpaired) electrons. The second kappa shape index (κ2) is 4.90. The Morgan fingerprint density at radius 3 is 2.47 bits per heavy atom. The van der Waals surface area contributed by atoms with E-state index in [9.17, 15) is 13.2 Å². The maximum Gasteiger partial charge on any atom is 0.416 e. The Morgan fingerprint density at radius 2 is 1.95 bits per heavy atom. The van der Waals surface area contributed by atoms with E-state index in [2.05, 4.69) is 24.1 Å². The van der Waals surface area contributed by atoms with Crippen molar-refractivity contribution >= 4 is 11.6 Å². The third-order valence-electron chi connectivity index (χ3n) is 3.97. The molecule has 3 N–H and O–H groups in total. The quantitative estimate of drug-likeness (QED) is 0.866. The van der Waals surface area contributed by atoms with Crippen molar-refractivity contribution in [3.63, 3.8) is 0 Å². The molecule has 2 rings (SSSR count). The summed E-state index contributed by atoms with van der Waals surface area (Å²) < 4.78 is 38.1. The largest absolute Gasteiger partial charge is 0.416 e. The Labute approximate surface area is 110 Å². The van der Waals surface area contributed by atoms with Crippen LogP contribution in [0.25, 0.3) is 0 Å². The smallest absolute Gasteiger partial charge is 0.384 e. The van der Waals surface area contributed by atoms with Crippen LogP contribution in [0.1, 0.15) is 32.3 Å². The maximum absolute atomic E-state index is 12.7. The Morgan fingerprint density at radius 1 is 1.26 bits per heavy atom. The van der Waals surface area contributed by atoms with E-state index < -0.39 is 11.7 Å². The SMILES string of the molecule is CC1CCC(Nc2cc(C(F)(F)F)cc(N)n2)C1C. The van der Waals surface area contributed by atoms with Crippen molar-refractivity contribution < 1.29 is 13.2 Å². The van der Waals surface area contributed by atoms with E-state index in [0.717, 1.165) is 25.0 Å². The van der Waals surface area contributed by atoms with Gasteiger partial charge in [0.2, 0.25) is 0 Å². The highest BCUT2D eigenvalue weighted by atomic mass is 19.4. The minimum atomic E-state index is -4.40. The highest BCUT2D eigenvalue weighted by Gasteiger charge is 2.33. The summed E-state index contributed by atoms with van der Waals surface area (Å²) in [5.74, 6) is 1.08. The van der Waals surface area contributed by atoms with Crippen LogP contribution in [-0.2, 0) is 6.18 Å². The van der Waals surface area contributed by atoms with Crippen molar-refractivity contribution in [2.75, 3.05) is 11.1 Å². The number of nitrogen functional groups attached to an aromatic ring is 1. The van der Waals surface area contributed by atoms with Gasteiger partial charge < -0.3 is 11.1 Å². The summed E-state index contributed by atoms with van der Waals surface area (Å²) >= 11 is 0. The number of anilines is 2. The molecule has 0 bridgehead atoms. The van der Waals surface area contributed by atoms with Crippen LogP contribution in [0.2, 0.25) is 0 Å². The molecule has 0 spiro atoms. The molecule has 1 fully saturated rings. The van der Waals surface area contributed by atoms with Crippen LogP contribution in [0.3, 0.4) is 0 Å². The molecule has 3 atom stereocenters. The maximum atomic E-state index is 12.7. The summed E-state index contributed by atoms with van der Waals surface area (Å²) in [5, 5.41) is 3.08. The van der Waals surface area contributed by atoms with Crippen molar-refractivity contribution in [3.05, 3.63) is 17.7 Å². The number of nitrogens with zero attached hydrogens (tertiary/aromatic N) is 1. The Kier molecular flexibility index (Phi) is 3.60. The van der Waals surface area contributed by atoms with Crippen LogP contribution >= 0.6 is 0 Å². The molecule has 6 heteroatoms. The molecule has 1 heterocycles. The Hall–Kier alpha value is -1.46. The van der Waals surface area contributed by atoms with Gasteiger partial charge in [0.25, 0.3) is 0 Å². The van der Waals surface area contributed by atoms with Crippen LogP contribution < -0.4 is 11.1 Å². The van der Waals surface area contributed by atoms with Crippen LogP contribution in [-0.4, -0.2) is 11.0 Å². The molecule has 1 saturated carbocycles. The minimum Gasteiger partial charge on any atom is -0.384 e. The van der Waals surface area contributed by atoms with Crippen molar-refractivity contribution in [1.82, 2.24) is 4.98 Å². The van der Waals surface area contributed by atoms with Gasteiger partial charge in [0.15, 0.2) is 0 Å². The summed E-state index contributed by atoms with van der Waals surface area (Å²) in [6.45, 7) is 4.26. The molecule has 19 heavy (non-hydrogen) atoms. The number of aromatic nitrogens is 1. The van der Waals surface area contributed by atoms with Gasteiger partial charge in [0.05, 0.1) is 5.56 Å². The standard InChI is InChI=1S/C13H18F3N3/c1-7-3-4-10(8(7)2)18-12-6-9(13(14,15)16)5-11(17)19-12/h5-8,10H,3-4H2,1-2H3,(H3,17,18,19). The average Bonchev–Trinajstić information content (AvgIpc) is 2.59. The normalized spacial score (nSPS) is 27.5. The van der Waals surface area contributed by atoms with Crippen molar-refractivity contribution in [1.29, 1.82) is 0 Å². The van der Waals surface area contributed by atoms with Crippen LogP contribution in [0.15, 0.2) is 12.1 Å². The zero-order valence-electron chi connectivity index (χ0n) is 11.0. The fourth-order valence-electron chi connectivity index (χ4n) is 2.55. The number of pyridine rings is 1. The van der Waals surface area contributed by atoms with Crippen LogP contribution in [0.5, 0.6) is 0 Å². The van der Waals surface area contributed by atoms with E-state index in [1.165, 1.54) is 0 Å². The minimum absolute atomic E-state index is 0.115. The number of hydrogen-bond acceptors (Lipinski definition) is 3. The van der Waals surface area contributed by atoms with Crippen molar-refractivity contribution in [3.8, 4) is 0 Å². The van der Waals surface area contributed by atoms with Crippen LogP contribution in [0, 0.1) is 11.8 Å². The summed E-state index contributed by atoms with van der Waals surface area (Å²) in [4.78, 5) is 3.94. The third kappa shape index (κ3) is 3.11. The lowest BCUT2D eigenvalue weighted by Gasteiger charge is -2.21. The Balaban J connectivity index is 2.19. The molecule has 1 aliphatic carbocycles. The predicted octanol–water partition coefficient (Wildman–Crippen LogP) is 3.53. The monoisotopic (exact) mass is 273 g/mol. The second-order valence-electron chi connectivity index (χ2n) is 5.33. The molecular formula is C13H18F3N3. The third-order valence-corrected chi connectivity index (χ3v) is 3.97. The molecule has 0 aromatic carbocycles. The molecule has 1 aromatic rings. The number of halogens is 3. The number of nitrogens with two attached hydrogens (primary N) is 1. The van der Waals surface area contributed by atoms with Gasteiger partial charge in [0, 0.05) is 6.04 Å². The Bertz CT molecular complexity index is 459. The molecule has 1 aliphatic rings. The molecule has 0 saturated heterocycles. The lowest BCUT2D eigenvalue weighted by Crippen LogP contribution is -2.25. The number of rotatable bonds is 2. The van der Waals surface area contributed by atoms with E-state index in [4.69, 9.17) is 5.73 Å². The molecular weight excluding hydrogens is 255 g/mol. The topological polar surface area (TPSA) is 50.9 Å². The van der Waals surface area contributed by atoms with E-state index in [-0.39, 0.29) is 17.7 Å². The zero-order valence-corrected chi connectivity index (χ0v) is 11.0. The van der Waals surface area contributed by atoms with Crippen LogP contribution in [0.4, 0.5) is 24.8 Å². The second-order valence-corrected chi connectivity index (χ2v) is 5.33. The van der Waals surface area contributed by atoms with Gasteiger partial charge in [-0.2, -0.15) is 13.2 Å². The predicted molar refractivity (Wildman–Crippen MR) is 68.6 cm³/mol. The van der Waals surface area contributed by atoms with E-state index >= 15 is 0 Å². The average molecular weight is 273 g/mol. The first-order valence-electron chi connectivity index (χ1n) is 6.38. The number of nitrogens with one attached hydrogen (secondary N) is 1. The van der Waals surface area contributed by atoms with Gasteiger partial charge in [0.1, 0.15) is 11.6 Å². The van der Waals surface area contributed by atoms with Gasteiger partial charge in [-0.25, -0.2) is 4.98 Å². The van der Waals surface area contributed by atoms with E-state index in [1.54, 1.807) is 0 Å². The van der Waals surface area contributed by atoms with Crippen molar-refractivity contribution in [2.24, 2.45) is 11.8 Å². The van der Waals surface area contributed by atoms with E-state index in [0.29, 0.717) is 11.8 Å². The van der Waals surface area contributed by atoms with Gasteiger partial charge in [-0.05, 0) is 36.8 Å². The molecule has 3 unspecified atom stereocenters. The van der Waals surface area contributed by atoms with Crippen molar-refractivity contribution in [2.45, 2.75) is 38.9 Å². The fourth-order valence-corrected chi connectivity index (χ4v) is 2.55. The van der Waals surface area contributed by atoms with Gasteiger partial charge in [-0.3, -0.25) is 0 Å². The molecule has 106 valence electrons. The first-order valence-corrected chi connectivity index (χ1v) is 6.38. The summed E-state index contributed by atoms with van der Waals surface area (Å²) in [7, 11) is 0.